The minimum Gasteiger partial charge on any atom is -0.198 e. The number of H-pyrrole nitrogens is 1. The van der Waals surface area contributed by atoms with Crippen LogP contribution in [0, 0.1) is 6.92 Å². The molecule has 0 atom stereocenters. The molecule has 1 aromatic heterocycles. The van der Waals surface area contributed by atoms with Gasteiger partial charge in [-0.15, -0.1) is 0 Å². The van der Waals surface area contributed by atoms with Crippen LogP contribution < -0.4 is 0 Å². The molecule has 1 rings (SSSR count). The molecule has 0 saturated heterocycles. The average molecular weight is 85.1 g/mol. The fraction of sp³-hybridized carbons (Fsp3) is 0.333. The van der Waals surface area contributed by atoms with Gasteiger partial charge in [0.1, 0.15) is 0 Å². The Morgan fingerprint density at radius 1 is 2.00 bits per heavy atom. The highest BCUT2D eigenvalue weighted by atomic mass is 15.3. The monoisotopic (exact) mass is 85.1 g/mol. The molecule has 0 fully saturated rings. The highest BCUT2D eigenvalue weighted by Gasteiger charge is 1.76. The molecule has 0 aromatic carbocycles. The van der Waals surface area contributed by atoms with Crippen LogP contribution >= 0.6 is 0 Å². The summed E-state index contributed by atoms with van der Waals surface area (Å²) in [4.78, 5) is 0. The van der Waals surface area contributed by atoms with Gasteiger partial charge in [-0.25, -0.2) is 0 Å². The lowest BCUT2D eigenvalue weighted by molar-refractivity contribution is 0.928. The molecule has 3 nitrogen and oxygen atoms in total. The molecule has 0 bridgehead atoms. The molecular formula is C3H7N3. The first-order valence-electron chi connectivity index (χ1n) is 1.72. The van der Waals surface area contributed by atoms with Crippen molar-refractivity contribution in [3.05, 3.63) is 11.9 Å². The molecule has 0 aliphatic rings. The van der Waals surface area contributed by atoms with E-state index in [0.717, 1.165) is 5.69 Å². The van der Waals surface area contributed by atoms with E-state index in [4.69, 9.17) is 0 Å². The number of nitrogens with zero attached hydrogens (tertiary/aromatic N) is 2. The zero-order valence-electron chi connectivity index (χ0n) is 3.47. The first kappa shape index (κ1) is 3.33. The van der Waals surface area contributed by atoms with Gasteiger partial charge in [0.25, 0.3) is 0 Å². The maximum absolute atomic E-state index is 3.68. The van der Waals surface area contributed by atoms with Gasteiger partial charge in [0.05, 0.1) is 11.9 Å². The second-order valence-electron chi connectivity index (χ2n) is 1.11. The lowest BCUT2D eigenvalue weighted by Crippen LogP contribution is -1.66. The molecule has 1 N–H and O–H groups in total. The van der Waals surface area contributed by atoms with E-state index >= 15 is 0 Å². The van der Waals surface area contributed by atoms with Gasteiger partial charge in [-0.3, -0.25) is 0 Å². The second kappa shape index (κ2) is 1.08. The maximum atomic E-state index is 3.68. The van der Waals surface area contributed by atoms with E-state index in [1.807, 2.05) is 6.92 Å². The van der Waals surface area contributed by atoms with E-state index in [9.17, 15) is 0 Å². The lowest BCUT2D eigenvalue weighted by Gasteiger charge is -1.62. The van der Waals surface area contributed by atoms with Crippen LogP contribution in [0.15, 0.2) is 6.20 Å². The molecule has 0 unspecified atom stereocenters. The Morgan fingerprint density at radius 3 is 3.00 bits per heavy atom. The van der Waals surface area contributed by atoms with Gasteiger partial charge in [-0.1, -0.05) is 0 Å². The summed E-state index contributed by atoms with van der Waals surface area (Å²) in [6.07, 6.45) is 1.67. The summed E-state index contributed by atoms with van der Waals surface area (Å²) in [6, 6.07) is 0. The minimum absolute atomic E-state index is 0. The van der Waals surface area contributed by atoms with Crippen LogP contribution in [0.5, 0.6) is 0 Å². The maximum Gasteiger partial charge on any atom is 0.0793 e. The predicted octanol–water partition coefficient (Wildman–Crippen LogP) is 0.359. The van der Waals surface area contributed by atoms with Gasteiger partial charge in [0.2, 0.25) is 0 Å². The van der Waals surface area contributed by atoms with E-state index in [1.165, 1.54) is 0 Å². The molecule has 0 spiro atoms. The van der Waals surface area contributed by atoms with Crippen molar-refractivity contribution in [3.63, 3.8) is 0 Å². The number of hydrogen-bond donors (Lipinski definition) is 1. The van der Waals surface area contributed by atoms with Crippen LogP contribution in [0.1, 0.15) is 7.12 Å². The van der Waals surface area contributed by atoms with Gasteiger partial charge in [-0.05, 0) is 6.92 Å². The molecular weight excluding hydrogens is 78.1 g/mol. The lowest BCUT2D eigenvalue weighted by atomic mass is 10.6. The topological polar surface area (TPSA) is 41.6 Å². The summed E-state index contributed by atoms with van der Waals surface area (Å²) in [7, 11) is 0. The van der Waals surface area contributed by atoms with E-state index in [2.05, 4.69) is 15.4 Å². The van der Waals surface area contributed by atoms with Crippen LogP contribution in [0.2, 0.25) is 0 Å². The third kappa shape index (κ3) is 0.381. The van der Waals surface area contributed by atoms with Crippen LogP contribution in [0.25, 0.3) is 0 Å². The summed E-state index contributed by atoms with van der Waals surface area (Å²) in [5.74, 6) is 0. The summed E-state index contributed by atoms with van der Waals surface area (Å²) >= 11 is 0. The Balaban J connectivity index is 0.000000360. The zero-order chi connectivity index (χ0) is 4.41. The first-order valence-corrected chi connectivity index (χ1v) is 1.72. The molecule has 3 heteroatoms. The Kier molecular flexibility index (Phi) is 0.602. The Labute approximate surface area is 36.9 Å². The third-order valence-corrected chi connectivity index (χ3v) is 0.535. The van der Waals surface area contributed by atoms with Crippen molar-refractivity contribution in [2.75, 3.05) is 0 Å². The summed E-state index contributed by atoms with van der Waals surface area (Å²) in [5, 5.41) is 9.70. The van der Waals surface area contributed by atoms with Crippen LogP contribution in [0.4, 0.5) is 0 Å². The van der Waals surface area contributed by atoms with Gasteiger partial charge in [0.15, 0.2) is 0 Å². The molecule has 0 amide bonds. The Morgan fingerprint density at radius 2 is 2.83 bits per heavy atom. The smallest absolute Gasteiger partial charge is 0.0793 e. The highest BCUT2D eigenvalue weighted by Crippen LogP contribution is 1.77. The normalized spacial score (nSPS) is 8.83. The molecule has 0 radical (unpaired) electrons. The zero-order valence-corrected chi connectivity index (χ0v) is 3.47. The fourth-order valence-corrected chi connectivity index (χ4v) is 0.259. The van der Waals surface area contributed by atoms with Gasteiger partial charge in [-0.2, -0.15) is 15.4 Å². The van der Waals surface area contributed by atoms with Crippen LogP contribution in [0.3, 0.4) is 0 Å². The standard InChI is InChI=1S/C3H5N3.H2/c1-3-2-4-6-5-3;/h2H,1H3,(H,4,5,6);1H. The number of aryl methyl sites for hydroxylation is 1. The Bertz CT molecular complexity index is 114. The van der Waals surface area contributed by atoms with Crippen molar-refractivity contribution < 1.29 is 1.43 Å². The summed E-state index contributed by atoms with van der Waals surface area (Å²) < 4.78 is 0. The molecule has 1 aromatic rings. The molecule has 1 heterocycles. The van der Waals surface area contributed by atoms with Crippen LogP contribution in [-0.4, -0.2) is 15.4 Å². The highest BCUT2D eigenvalue weighted by molar-refractivity contribution is 4.82. The Hall–Kier alpha value is -0.860. The largest absolute Gasteiger partial charge is 0.198 e. The van der Waals surface area contributed by atoms with Crippen molar-refractivity contribution in [3.8, 4) is 0 Å². The van der Waals surface area contributed by atoms with Gasteiger partial charge < -0.3 is 0 Å². The van der Waals surface area contributed by atoms with Crippen LogP contribution in [-0.2, 0) is 0 Å². The van der Waals surface area contributed by atoms with E-state index in [-0.39, 0.29) is 1.43 Å². The average Bonchev–Trinajstić information content (AvgIpc) is 1.86. The number of hydrogen-bond acceptors (Lipinski definition) is 2. The third-order valence-electron chi connectivity index (χ3n) is 0.535. The van der Waals surface area contributed by atoms with Gasteiger partial charge in [0, 0.05) is 1.43 Å². The molecule has 6 heavy (non-hydrogen) atoms. The number of nitrogens with one attached hydrogen (secondary N) is 1. The first-order chi connectivity index (χ1) is 2.89. The van der Waals surface area contributed by atoms with Crippen molar-refractivity contribution >= 4 is 0 Å². The molecule has 0 aliphatic heterocycles. The number of aromatic nitrogens is 3. The van der Waals surface area contributed by atoms with Crippen molar-refractivity contribution in [2.45, 2.75) is 6.92 Å². The fourth-order valence-electron chi connectivity index (χ4n) is 0.259. The van der Waals surface area contributed by atoms with Crippen molar-refractivity contribution in [2.24, 2.45) is 0 Å². The number of rotatable bonds is 0. The van der Waals surface area contributed by atoms with E-state index in [0.29, 0.717) is 0 Å². The summed E-state index contributed by atoms with van der Waals surface area (Å²) in [5.41, 5.74) is 0.926. The summed E-state index contributed by atoms with van der Waals surface area (Å²) in [6.45, 7) is 1.88. The van der Waals surface area contributed by atoms with E-state index < -0.39 is 0 Å². The second-order valence-corrected chi connectivity index (χ2v) is 1.11. The van der Waals surface area contributed by atoms with E-state index in [1.54, 1.807) is 6.20 Å². The number of aromatic amines is 1. The molecule has 34 valence electrons. The molecule has 0 saturated carbocycles. The predicted molar refractivity (Wildman–Crippen MR) is 23.2 cm³/mol. The quantitative estimate of drug-likeness (QED) is 0.494. The van der Waals surface area contributed by atoms with Crippen molar-refractivity contribution in [1.82, 2.24) is 15.4 Å². The molecule has 0 aliphatic carbocycles. The van der Waals surface area contributed by atoms with Crippen molar-refractivity contribution in [1.29, 1.82) is 0 Å². The SMILES string of the molecule is Cc1cn[nH]n1.[HH]. The minimum atomic E-state index is 0. The van der Waals surface area contributed by atoms with Gasteiger partial charge >= 0.3 is 0 Å².